The Morgan fingerprint density at radius 1 is 1.07 bits per heavy atom. The number of carbonyl (C=O) groups is 1. The summed E-state index contributed by atoms with van der Waals surface area (Å²) < 4.78 is 1.61. The number of carbonyl (C=O) groups excluding carboxylic acids is 1. The number of anilines is 1. The normalized spacial score (nSPS) is 21.4. The molecule has 0 aliphatic carbocycles. The number of amides is 1. The second kappa shape index (κ2) is 8.47. The molecular weight excluding hydrogens is 342 g/mol. The van der Waals surface area contributed by atoms with E-state index in [4.69, 9.17) is 0 Å². The summed E-state index contributed by atoms with van der Waals surface area (Å²) in [5, 5.41) is 11.0. The van der Waals surface area contributed by atoms with E-state index in [9.17, 15) is 4.79 Å². The van der Waals surface area contributed by atoms with Gasteiger partial charge < -0.3 is 9.80 Å². The van der Waals surface area contributed by atoms with Gasteiger partial charge in [0.15, 0.2) is 0 Å². The number of para-hydroxylation sites is 1. The molecule has 2 aromatic rings. The third-order valence-electron chi connectivity index (χ3n) is 5.65. The SMILES string of the molecule is O=C(CCn1cnnn1)N1CCC[C@@H](N2CCN(c3ccccc3)CC2)C1. The molecule has 1 aromatic heterocycles. The molecule has 2 fully saturated rings. The molecule has 0 radical (unpaired) electrons. The van der Waals surface area contributed by atoms with Gasteiger partial charge in [0.25, 0.3) is 0 Å². The van der Waals surface area contributed by atoms with E-state index in [1.54, 1.807) is 11.0 Å². The number of hydrogen-bond acceptors (Lipinski definition) is 6. The number of aromatic nitrogens is 4. The molecule has 0 saturated carbocycles. The van der Waals surface area contributed by atoms with Gasteiger partial charge in [0.2, 0.25) is 5.91 Å². The average Bonchev–Trinajstić information content (AvgIpc) is 3.27. The van der Waals surface area contributed by atoms with Crippen molar-refractivity contribution in [1.82, 2.24) is 30.0 Å². The summed E-state index contributed by atoms with van der Waals surface area (Å²) in [5.74, 6) is 0.207. The number of nitrogens with zero attached hydrogens (tertiary/aromatic N) is 7. The number of hydrogen-bond donors (Lipinski definition) is 0. The zero-order valence-electron chi connectivity index (χ0n) is 15.7. The molecule has 8 heteroatoms. The van der Waals surface area contributed by atoms with E-state index in [1.807, 2.05) is 4.90 Å². The first-order chi connectivity index (χ1) is 13.3. The highest BCUT2D eigenvalue weighted by molar-refractivity contribution is 5.76. The fourth-order valence-corrected chi connectivity index (χ4v) is 4.11. The van der Waals surface area contributed by atoms with E-state index in [0.717, 1.165) is 45.7 Å². The van der Waals surface area contributed by atoms with Crippen LogP contribution < -0.4 is 4.90 Å². The molecule has 0 unspecified atom stereocenters. The van der Waals surface area contributed by atoms with Gasteiger partial charge in [-0.3, -0.25) is 9.69 Å². The Morgan fingerprint density at radius 2 is 1.89 bits per heavy atom. The van der Waals surface area contributed by atoms with Crippen LogP contribution in [0, 0.1) is 0 Å². The van der Waals surface area contributed by atoms with Gasteiger partial charge in [-0.15, -0.1) is 5.10 Å². The van der Waals surface area contributed by atoms with E-state index in [-0.39, 0.29) is 5.91 Å². The maximum absolute atomic E-state index is 12.6. The number of likely N-dealkylation sites (tertiary alicyclic amines) is 1. The van der Waals surface area contributed by atoms with Gasteiger partial charge in [-0.2, -0.15) is 0 Å². The van der Waals surface area contributed by atoms with Gasteiger partial charge in [0.1, 0.15) is 6.33 Å². The van der Waals surface area contributed by atoms with Gasteiger partial charge in [0, 0.05) is 57.4 Å². The van der Waals surface area contributed by atoms with Crippen LogP contribution in [0.1, 0.15) is 19.3 Å². The van der Waals surface area contributed by atoms with Crippen molar-refractivity contribution in [2.75, 3.05) is 44.2 Å². The van der Waals surface area contributed by atoms with Crippen molar-refractivity contribution < 1.29 is 4.79 Å². The van der Waals surface area contributed by atoms with Crippen LogP contribution in [-0.4, -0.2) is 81.2 Å². The van der Waals surface area contributed by atoms with Crippen LogP contribution in [0.5, 0.6) is 0 Å². The Labute approximate surface area is 159 Å². The van der Waals surface area contributed by atoms with Crippen molar-refractivity contribution in [2.24, 2.45) is 0 Å². The van der Waals surface area contributed by atoms with Crippen molar-refractivity contribution in [2.45, 2.75) is 31.8 Å². The standard InChI is InChI=1S/C19H27N7O/c27-19(8-10-26-16-20-21-22-26)25-9-4-7-18(15-25)24-13-11-23(12-14-24)17-5-2-1-3-6-17/h1-3,5-6,16,18H,4,7-15H2/t18-/m1/s1. The Morgan fingerprint density at radius 3 is 2.63 bits per heavy atom. The molecule has 0 N–H and O–H groups in total. The highest BCUT2D eigenvalue weighted by Crippen LogP contribution is 2.21. The largest absolute Gasteiger partial charge is 0.369 e. The highest BCUT2D eigenvalue weighted by atomic mass is 16.2. The summed E-state index contributed by atoms with van der Waals surface area (Å²) >= 11 is 0. The first kappa shape index (κ1) is 17.9. The average molecular weight is 369 g/mol. The Bertz CT molecular complexity index is 713. The van der Waals surface area contributed by atoms with Crippen molar-refractivity contribution in [3.8, 4) is 0 Å². The molecule has 4 rings (SSSR count). The fraction of sp³-hybridized carbons (Fsp3) is 0.579. The molecule has 0 bridgehead atoms. The molecular formula is C19H27N7O. The monoisotopic (exact) mass is 369 g/mol. The van der Waals surface area contributed by atoms with E-state index in [0.29, 0.717) is 19.0 Å². The summed E-state index contributed by atoms with van der Waals surface area (Å²) in [4.78, 5) is 19.6. The quantitative estimate of drug-likeness (QED) is 0.779. The molecule has 3 heterocycles. The molecule has 1 aromatic carbocycles. The van der Waals surface area contributed by atoms with Gasteiger partial charge in [-0.1, -0.05) is 18.2 Å². The molecule has 2 aliphatic heterocycles. The van der Waals surface area contributed by atoms with Gasteiger partial charge >= 0.3 is 0 Å². The van der Waals surface area contributed by atoms with Crippen LogP contribution in [0.25, 0.3) is 0 Å². The topological polar surface area (TPSA) is 70.4 Å². The third kappa shape index (κ3) is 4.44. The van der Waals surface area contributed by atoms with Crippen LogP contribution in [-0.2, 0) is 11.3 Å². The Hall–Kier alpha value is -2.48. The van der Waals surface area contributed by atoms with Gasteiger partial charge in [0.05, 0.1) is 6.54 Å². The molecule has 1 amide bonds. The maximum Gasteiger partial charge on any atom is 0.224 e. The molecule has 144 valence electrons. The van der Waals surface area contributed by atoms with E-state index in [2.05, 4.69) is 55.7 Å². The van der Waals surface area contributed by atoms with Gasteiger partial charge in [-0.05, 0) is 35.4 Å². The fourth-order valence-electron chi connectivity index (χ4n) is 4.11. The molecule has 1 atom stereocenters. The maximum atomic E-state index is 12.6. The van der Waals surface area contributed by atoms with Crippen LogP contribution in [0.2, 0.25) is 0 Å². The first-order valence-electron chi connectivity index (χ1n) is 9.82. The second-order valence-corrected chi connectivity index (χ2v) is 7.32. The number of piperazine rings is 1. The summed E-state index contributed by atoms with van der Waals surface area (Å²) in [5.41, 5.74) is 1.31. The summed E-state index contributed by atoms with van der Waals surface area (Å²) in [6.07, 6.45) is 4.28. The number of aryl methyl sites for hydroxylation is 1. The zero-order chi connectivity index (χ0) is 18.5. The molecule has 2 saturated heterocycles. The molecule has 8 nitrogen and oxygen atoms in total. The number of tetrazole rings is 1. The molecule has 2 aliphatic rings. The minimum atomic E-state index is 0.207. The lowest BCUT2D eigenvalue weighted by atomic mass is 10.0. The Balaban J connectivity index is 1.26. The van der Waals surface area contributed by atoms with Crippen molar-refractivity contribution in [1.29, 1.82) is 0 Å². The summed E-state index contributed by atoms with van der Waals surface area (Å²) in [6.45, 7) is 6.48. The predicted molar refractivity (Wildman–Crippen MR) is 102 cm³/mol. The smallest absolute Gasteiger partial charge is 0.224 e. The van der Waals surface area contributed by atoms with Crippen LogP contribution in [0.3, 0.4) is 0 Å². The van der Waals surface area contributed by atoms with Crippen molar-refractivity contribution in [3.63, 3.8) is 0 Å². The van der Waals surface area contributed by atoms with Crippen molar-refractivity contribution in [3.05, 3.63) is 36.7 Å². The van der Waals surface area contributed by atoms with Crippen LogP contribution in [0.15, 0.2) is 36.7 Å². The molecule has 27 heavy (non-hydrogen) atoms. The highest BCUT2D eigenvalue weighted by Gasteiger charge is 2.29. The lowest BCUT2D eigenvalue weighted by molar-refractivity contribution is -0.133. The third-order valence-corrected chi connectivity index (χ3v) is 5.65. The predicted octanol–water partition coefficient (Wildman–Crippen LogP) is 0.876. The number of rotatable bonds is 5. The van der Waals surface area contributed by atoms with E-state index >= 15 is 0 Å². The summed E-state index contributed by atoms with van der Waals surface area (Å²) in [6, 6.07) is 11.1. The van der Waals surface area contributed by atoms with E-state index in [1.165, 1.54) is 12.1 Å². The second-order valence-electron chi connectivity index (χ2n) is 7.32. The first-order valence-corrected chi connectivity index (χ1v) is 9.82. The Kier molecular flexibility index (Phi) is 5.62. The lowest BCUT2D eigenvalue weighted by Crippen LogP contribution is -2.55. The number of piperidine rings is 1. The van der Waals surface area contributed by atoms with Gasteiger partial charge in [-0.25, -0.2) is 4.68 Å². The van der Waals surface area contributed by atoms with Crippen molar-refractivity contribution >= 4 is 11.6 Å². The number of benzene rings is 1. The summed E-state index contributed by atoms with van der Waals surface area (Å²) in [7, 11) is 0. The zero-order valence-corrected chi connectivity index (χ0v) is 15.7. The minimum Gasteiger partial charge on any atom is -0.369 e. The van der Waals surface area contributed by atoms with Crippen LogP contribution in [0.4, 0.5) is 5.69 Å². The van der Waals surface area contributed by atoms with Crippen LogP contribution >= 0.6 is 0 Å². The lowest BCUT2D eigenvalue weighted by Gasteiger charge is -2.44. The minimum absolute atomic E-state index is 0.207. The molecule has 0 spiro atoms. The van der Waals surface area contributed by atoms with E-state index < -0.39 is 0 Å².